The van der Waals surface area contributed by atoms with E-state index in [1.165, 1.54) is 35.5 Å². The van der Waals surface area contributed by atoms with Crippen LogP contribution in [0.5, 0.6) is 0 Å². The van der Waals surface area contributed by atoms with Gasteiger partial charge in [-0.05, 0) is 48.9 Å². The Bertz CT molecular complexity index is 1150. The summed E-state index contributed by atoms with van der Waals surface area (Å²) in [6.07, 6.45) is 0.344. The van der Waals surface area contributed by atoms with Crippen LogP contribution >= 0.6 is 0 Å². The lowest BCUT2D eigenvalue weighted by Crippen LogP contribution is -2.49. The number of hydrogen-bond acceptors (Lipinski definition) is 5. The predicted molar refractivity (Wildman–Crippen MR) is 126 cm³/mol. The number of nitrogens with zero attached hydrogens (tertiary/aromatic N) is 2. The molecule has 0 radical (unpaired) electrons. The molecule has 10 heteroatoms. The Balaban J connectivity index is 1.70. The number of piperazine rings is 1. The van der Waals surface area contributed by atoms with E-state index in [1.54, 1.807) is 30.0 Å². The molecule has 1 aliphatic rings. The van der Waals surface area contributed by atoms with Crippen LogP contribution in [0.15, 0.2) is 47.4 Å². The topological polar surface area (TPSA) is 116 Å². The maximum absolute atomic E-state index is 12.9. The van der Waals surface area contributed by atoms with Crippen molar-refractivity contribution in [3.05, 3.63) is 53.6 Å². The molecule has 3 rings (SSSR count). The number of sulfonamides is 1. The van der Waals surface area contributed by atoms with Crippen LogP contribution in [0, 0.1) is 6.92 Å². The molecule has 0 saturated carbocycles. The van der Waals surface area contributed by atoms with Crippen LogP contribution in [-0.4, -0.2) is 61.5 Å². The van der Waals surface area contributed by atoms with E-state index in [1.807, 2.05) is 6.92 Å². The van der Waals surface area contributed by atoms with Gasteiger partial charge in [0.05, 0.1) is 4.90 Å². The number of hydrogen-bond donors (Lipinski definition) is 2. The quantitative estimate of drug-likeness (QED) is 0.670. The Kier molecular flexibility index (Phi) is 7.50. The minimum Gasteiger partial charge on any atom is -0.340 e. The second-order valence-electron chi connectivity index (χ2n) is 7.82. The van der Waals surface area contributed by atoms with Crippen LogP contribution in [0.25, 0.3) is 0 Å². The Morgan fingerprint density at radius 3 is 2.15 bits per heavy atom. The maximum atomic E-state index is 12.9. The van der Waals surface area contributed by atoms with E-state index in [0.29, 0.717) is 36.4 Å². The van der Waals surface area contributed by atoms with E-state index >= 15 is 0 Å². The van der Waals surface area contributed by atoms with E-state index in [-0.39, 0.29) is 29.8 Å². The van der Waals surface area contributed by atoms with Crippen molar-refractivity contribution in [1.82, 2.24) is 9.21 Å². The van der Waals surface area contributed by atoms with Gasteiger partial charge in [-0.1, -0.05) is 13.0 Å². The summed E-state index contributed by atoms with van der Waals surface area (Å²) in [7, 11) is -3.72. The van der Waals surface area contributed by atoms with Gasteiger partial charge in [0.2, 0.25) is 21.8 Å². The molecule has 1 fully saturated rings. The van der Waals surface area contributed by atoms with Crippen molar-refractivity contribution in [2.45, 2.75) is 32.1 Å². The zero-order valence-corrected chi connectivity index (χ0v) is 19.7. The fraction of sp³-hybridized carbons (Fsp3) is 0.348. The molecule has 1 heterocycles. The van der Waals surface area contributed by atoms with Gasteiger partial charge in [0.25, 0.3) is 5.91 Å². The van der Waals surface area contributed by atoms with Crippen molar-refractivity contribution in [2.24, 2.45) is 0 Å². The number of carbonyl (C=O) groups is 3. The first-order valence-electron chi connectivity index (χ1n) is 10.7. The zero-order valence-electron chi connectivity index (χ0n) is 18.9. The highest BCUT2D eigenvalue weighted by Gasteiger charge is 2.29. The molecule has 1 saturated heterocycles. The third kappa shape index (κ3) is 5.77. The van der Waals surface area contributed by atoms with Crippen molar-refractivity contribution in [3.8, 4) is 0 Å². The number of benzene rings is 2. The lowest BCUT2D eigenvalue weighted by atomic mass is 10.1. The first kappa shape index (κ1) is 24.4. The molecule has 0 unspecified atom stereocenters. The smallest absolute Gasteiger partial charge is 0.255 e. The van der Waals surface area contributed by atoms with Crippen LogP contribution in [-0.2, 0) is 19.6 Å². The standard InChI is InChI=1S/C23H28N4O5S/c1-4-22(29)24-19-8-5-16(2)21(15-19)25-23(30)18-6-9-20(10-7-18)33(31,32)27-13-11-26(12-14-27)17(3)28/h5-10,15H,4,11-14H2,1-3H3,(H,24,29)(H,25,30). The molecule has 176 valence electrons. The van der Waals surface area contributed by atoms with Crippen molar-refractivity contribution in [3.63, 3.8) is 0 Å². The van der Waals surface area contributed by atoms with Crippen LogP contribution in [0.2, 0.25) is 0 Å². The summed E-state index contributed by atoms with van der Waals surface area (Å²) >= 11 is 0. The highest BCUT2D eigenvalue weighted by atomic mass is 32.2. The SMILES string of the molecule is CCC(=O)Nc1ccc(C)c(NC(=O)c2ccc(S(=O)(=O)N3CCN(C(C)=O)CC3)cc2)c1. The van der Waals surface area contributed by atoms with Gasteiger partial charge in [-0.2, -0.15) is 4.31 Å². The van der Waals surface area contributed by atoms with Crippen molar-refractivity contribution >= 4 is 39.1 Å². The molecular weight excluding hydrogens is 444 g/mol. The number of aryl methyl sites for hydroxylation is 1. The second-order valence-corrected chi connectivity index (χ2v) is 9.76. The summed E-state index contributed by atoms with van der Waals surface area (Å²) in [6, 6.07) is 11.0. The van der Waals surface area contributed by atoms with Crippen molar-refractivity contribution in [2.75, 3.05) is 36.8 Å². The average Bonchev–Trinajstić information content (AvgIpc) is 2.81. The third-order valence-electron chi connectivity index (χ3n) is 5.53. The number of nitrogens with one attached hydrogen (secondary N) is 2. The fourth-order valence-corrected chi connectivity index (χ4v) is 4.87. The molecule has 33 heavy (non-hydrogen) atoms. The predicted octanol–water partition coefficient (Wildman–Crippen LogP) is 2.45. The van der Waals surface area contributed by atoms with Gasteiger partial charge >= 0.3 is 0 Å². The summed E-state index contributed by atoms with van der Waals surface area (Å²) in [5.74, 6) is -0.595. The minimum atomic E-state index is -3.72. The summed E-state index contributed by atoms with van der Waals surface area (Å²) in [4.78, 5) is 37.5. The molecular formula is C23H28N4O5S. The van der Waals surface area contributed by atoms with Gasteiger partial charge in [-0.3, -0.25) is 14.4 Å². The molecule has 1 aliphatic heterocycles. The summed E-state index contributed by atoms with van der Waals surface area (Å²) in [6.45, 7) is 6.22. The summed E-state index contributed by atoms with van der Waals surface area (Å²) in [5, 5.41) is 5.56. The highest BCUT2D eigenvalue weighted by molar-refractivity contribution is 7.89. The second kappa shape index (κ2) is 10.1. The van der Waals surface area contributed by atoms with E-state index in [0.717, 1.165) is 5.56 Å². The molecule has 0 bridgehead atoms. The zero-order chi connectivity index (χ0) is 24.2. The van der Waals surface area contributed by atoms with E-state index in [9.17, 15) is 22.8 Å². The Hall–Kier alpha value is -3.24. The molecule has 3 amide bonds. The Morgan fingerprint density at radius 2 is 1.58 bits per heavy atom. The van der Waals surface area contributed by atoms with E-state index in [2.05, 4.69) is 10.6 Å². The lowest BCUT2D eigenvalue weighted by Gasteiger charge is -2.33. The van der Waals surface area contributed by atoms with Gasteiger partial charge in [0.1, 0.15) is 0 Å². The number of amides is 3. The first-order chi connectivity index (χ1) is 15.6. The number of rotatable bonds is 6. The highest BCUT2D eigenvalue weighted by Crippen LogP contribution is 2.22. The van der Waals surface area contributed by atoms with Gasteiger partial charge in [-0.15, -0.1) is 0 Å². The lowest BCUT2D eigenvalue weighted by molar-refractivity contribution is -0.130. The molecule has 0 aromatic heterocycles. The monoisotopic (exact) mass is 472 g/mol. The number of anilines is 2. The van der Waals surface area contributed by atoms with E-state index < -0.39 is 15.9 Å². The Labute approximate surface area is 193 Å². The molecule has 0 aliphatic carbocycles. The fourth-order valence-electron chi connectivity index (χ4n) is 3.45. The summed E-state index contributed by atoms with van der Waals surface area (Å²) in [5.41, 5.74) is 2.25. The Morgan fingerprint density at radius 1 is 0.939 bits per heavy atom. The molecule has 0 atom stereocenters. The van der Waals surface area contributed by atoms with Gasteiger partial charge in [-0.25, -0.2) is 8.42 Å². The normalized spacial score (nSPS) is 14.6. The van der Waals surface area contributed by atoms with Gasteiger partial charge in [0.15, 0.2) is 0 Å². The van der Waals surface area contributed by atoms with Crippen LogP contribution in [0.1, 0.15) is 36.2 Å². The van der Waals surface area contributed by atoms with Crippen molar-refractivity contribution in [1.29, 1.82) is 0 Å². The molecule has 0 spiro atoms. The third-order valence-corrected chi connectivity index (χ3v) is 7.44. The molecule has 2 aromatic rings. The largest absolute Gasteiger partial charge is 0.340 e. The summed E-state index contributed by atoms with van der Waals surface area (Å²) < 4.78 is 27.2. The molecule has 2 aromatic carbocycles. The van der Waals surface area contributed by atoms with Gasteiger partial charge < -0.3 is 15.5 Å². The van der Waals surface area contributed by atoms with Crippen LogP contribution in [0.4, 0.5) is 11.4 Å². The van der Waals surface area contributed by atoms with Crippen LogP contribution < -0.4 is 10.6 Å². The van der Waals surface area contributed by atoms with E-state index in [4.69, 9.17) is 0 Å². The maximum Gasteiger partial charge on any atom is 0.255 e. The van der Waals surface area contributed by atoms with Gasteiger partial charge in [0, 0.05) is 56.5 Å². The average molecular weight is 473 g/mol. The van der Waals surface area contributed by atoms with Crippen LogP contribution in [0.3, 0.4) is 0 Å². The number of carbonyl (C=O) groups excluding carboxylic acids is 3. The first-order valence-corrected chi connectivity index (χ1v) is 12.1. The molecule has 9 nitrogen and oxygen atoms in total. The molecule has 2 N–H and O–H groups in total. The minimum absolute atomic E-state index is 0.0732. The van der Waals surface area contributed by atoms with Crippen molar-refractivity contribution < 1.29 is 22.8 Å².